The van der Waals surface area contributed by atoms with E-state index in [0.717, 1.165) is 23.1 Å². The first-order chi connectivity index (χ1) is 13.0. The molecule has 0 fully saturated rings. The fraction of sp³-hybridized carbons (Fsp3) is 0.211. The number of nitrogens with one attached hydrogen (secondary N) is 1. The van der Waals surface area contributed by atoms with E-state index >= 15 is 0 Å². The van der Waals surface area contributed by atoms with Crippen molar-refractivity contribution in [1.29, 1.82) is 0 Å². The van der Waals surface area contributed by atoms with Crippen LogP contribution in [0.3, 0.4) is 0 Å². The second-order valence-electron chi connectivity index (χ2n) is 5.81. The number of thioether (sulfide) groups is 1. The molecule has 27 heavy (non-hydrogen) atoms. The number of carbonyl (C=O) groups excluding carboxylic acids is 1. The molecule has 1 amide bonds. The number of aryl methyl sites for hydroxylation is 2. The Morgan fingerprint density at radius 3 is 2.78 bits per heavy atom. The SMILES string of the molecule is Cc1ccc(OCc2nnc(SCC(=O)Nc3ccccc3Cl)o2)cc1C. The van der Waals surface area contributed by atoms with Gasteiger partial charge in [0.25, 0.3) is 11.1 Å². The Labute approximate surface area is 166 Å². The van der Waals surface area contributed by atoms with Gasteiger partial charge in [0.2, 0.25) is 5.91 Å². The summed E-state index contributed by atoms with van der Waals surface area (Å²) in [5.74, 6) is 1.01. The molecule has 0 saturated heterocycles. The molecule has 0 aliphatic heterocycles. The van der Waals surface area contributed by atoms with Gasteiger partial charge in [-0.3, -0.25) is 4.79 Å². The van der Waals surface area contributed by atoms with Crippen LogP contribution in [0.4, 0.5) is 5.69 Å². The zero-order valence-corrected chi connectivity index (χ0v) is 16.4. The van der Waals surface area contributed by atoms with Crippen LogP contribution in [0.25, 0.3) is 0 Å². The third-order valence-electron chi connectivity index (χ3n) is 3.76. The molecule has 3 aromatic rings. The summed E-state index contributed by atoms with van der Waals surface area (Å²) >= 11 is 7.17. The predicted molar refractivity (Wildman–Crippen MR) is 105 cm³/mol. The molecule has 0 bridgehead atoms. The monoisotopic (exact) mass is 403 g/mol. The van der Waals surface area contributed by atoms with Crippen LogP contribution in [0, 0.1) is 13.8 Å². The summed E-state index contributed by atoms with van der Waals surface area (Å²) < 4.78 is 11.2. The van der Waals surface area contributed by atoms with Gasteiger partial charge < -0.3 is 14.5 Å². The van der Waals surface area contributed by atoms with Crippen LogP contribution in [0.5, 0.6) is 5.75 Å². The zero-order valence-electron chi connectivity index (χ0n) is 14.9. The van der Waals surface area contributed by atoms with Crippen molar-refractivity contribution >= 4 is 35.0 Å². The molecule has 3 rings (SSSR count). The summed E-state index contributed by atoms with van der Waals surface area (Å²) in [5, 5.41) is 11.4. The number of anilines is 1. The predicted octanol–water partition coefficient (Wildman–Crippen LogP) is 4.65. The van der Waals surface area contributed by atoms with E-state index in [-0.39, 0.29) is 18.3 Å². The highest BCUT2D eigenvalue weighted by Gasteiger charge is 2.11. The van der Waals surface area contributed by atoms with Crippen molar-refractivity contribution in [2.24, 2.45) is 0 Å². The zero-order chi connectivity index (χ0) is 19.2. The number of aromatic nitrogens is 2. The number of benzene rings is 2. The van der Waals surface area contributed by atoms with Crippen LogP contribution in [-0.4, -0.2) is 21.9 Å². The second kappa shape index (κ2) is 8.92. The highest BCUT2D eigenvalue weighted by molar-refractivity contribution is 7.99. The molecule has 0 aliphatic carbocycles. The molecule has 140 valence electrons. The Balaban J connectivity index is 1.48. The first-order valence-corrected chi connectivity index (χ1v) is 9.57. The minimum atomic E-state index is -0.209. The second-order valence-corrected chi connectivity index (χ2v) is 7.15. The quantitative estimate of drug-likeness (QED) is 0.578. The highest BCUT2D eigenvalue weighted by Crippen LogP contribution is 2.22. The summed E-state index contributed by atoms with van der Waals surface area (Å²) in [6.07, 6.45) is 0. The van der Waals surface area contributed by atoms with Crippen molar-refractivity contribution in [2.45, 2.75) is 25.7 Å². The Morgan fingerprint density at radius 1 is 1.19 bits per heavy atom. The van der Waals surface area contributed by atoms with Gasteiger partial charge in [0.1, 0.15) is 5.75 Å². The van der Waals surface area contributed by atoms with E-state index in [2.05, 4.69) is 15.5 Å². The van der Waals surface area contributed by atoms with Gasteiger partial charge in [-0.2, -0.15) is 0 Å². The van der Waals surface area contributed by atoms with E-state index in [1.54, 1.807) is 24.3 Å². The van der Waals surface area contributed by atoms with Crippen molar-refractivity contribution in [3.05, 3.63) is 64.5 Å². The van der Waals surface area contributed by atoms with Gasteiger partial charge in [-0.05, 0) is 49.2 Å². The normalized spacial score (nSPS) is 10.6. The number of hydrogen-bond acceptors (Lipinski definition) is 6. The van der Waals surface area contributed by atoms with Crippen molar-refractivity contribution in [1.82, 2.24) is 10.2 Å². The van der Waals surface area contributed by atoms with Gasteiger partial charge in [-0.15, -0.1) is 10.2 Å². The molecule has 8 heteroatoms. The lowest BCUT2D eigenvalue weighted by molar-refractivity contribution is -0.113. The van der Waals surface area contributed by atoms with E-state index in [4.69, 9.17) is 20.8 Å². The number of carbonyl (C=O) groups is 1. The topological polar surface area (TPSA) is 77.2 Å². The molecule has 0 radical (unpaired) electrons. The number of nitrogens with zero attached hydrogens (tertiary/aromatic N) is 2. The van der Waals surface area contributed by atoms with E-state index < -0.39 is 0 Å². The Hall–Kier alpha value is -2.51. The summed E-state index contributed by atoms with van der Waals surface area (Å²) in [6, 6.07) is 12.9. The Bertz CT molecular complexity index is 945. The lowest BCUT2D eigenvalue weighted by Gasteiger charge is -2.06. The summed E-state index contributed by atoms with van der Waals surface area (Å²) in [5.41, 5.74) is 2.92. The van der Waals surface area contributed by atoms with Crippen LogP contribution in [-0.2, 0) is 11.4 Å². The minimum absolute atomic E-state index is 0.130. The maximum absolute atomic E-state index is 12.0. The number of amides is 1. The molecule has 0 spiro atoms. The third kappa shape index (κ3) is 5.48. The lowest BCUT2D eigenvalue weighted by atomic mass is 10.1. The number of halogens is 1. The van der Waals surface area contributed by atoms with E-state index in [1.807, 2.05) is 32.0 Å². The maximum Gasteiger partial charge on any atom is 0.277 e. The molecule has 0 atom stereocenters. The Morgan fingerprint density at radius 2 is 2.00 bits per heavy atom. The maximum atomic E-state index is 12.0. The van der Waals surface area contributed by atoms with Crippen molar-refractivity contribution in [2.75, 3.05) is 11.1 Å². The van der Waals surface area contributed by atoms with Crippen LogP contribution in [0.15, 0.2) is 52.1 Å². The molecular formula is C19H18ClN3O3S. The van der Waals surface area contributed by atoms with Gasteiger partial charge in [0.15, 0.2) is 6.61 Å². The standard InChI is InChI=1S/C19H18ClN3O3S/c1-12-7-8-14(9-13(12)2)25-10-18-22-23-19(26-18)27-11-17(24)21-16-6-4-3-5-15(16)20/h3-9H,10-11H2,1-2H3,(H,21,24). The molecule has 1 aromatic heterocycles. The number of para-hydroxylation sites is 1. The van der Waals surface area contributed by atoms with Crippen LogP contribution < -0.4 is 10.1 Å². The van der Waals surface area contributed by atoms with Gasteiger partial charge in [-0.25, -0.2) is 0 Å². The molecule has 0 saturated carbocycles. The highest BCUT2D eigenvalue weighted by atomic mass is 35.5. The first-order valence-electron chi connectivity index (χ1n) is 8.21. The number of hydrogen-bond donors (Lipinski definition) is 1. The van der Waals surface area contributed by atoms with Gasteiger partial charge in [0.05, 0.1) is 16.5 Å². The van der Waals surface area contributed by atoms with Crippen molar-refractivity contribution in [3.63, 3.8) is 0 Å². The summed E-state index contributed by atoms with van der Waals surface area (Å²) in [6.45, 7) is 4.24. The third-order valence-corrected chi connectivity index (χ3v) is 4.91. The molecule has 0 aliphatic rings. The van der Waals surface area contributed by atoms with E-state index in [9.17, 15) is 4.79 Å². The average molecular weight is 404 g/mol. The average Bonchev–Trinajstić information content (AvgIpc) is 3.11. The fourth-order valence-corrected chi connectivity index (χ4v) is 2.94. The fourth-order valence-electron chi connectivity index (χ4n) is 2.18. The van der Waals surface area contributed by atoms with Crippen molar-refractivity contribution < 1.29 is 13.9 Å². The first kappa shape index (κ1) is 19.3. The van der Waals surface area contributed by atoms with E-state index in [1.165, 1.54) is 5.56 Å². The molecule has 6 nitrogen and oxygen atoms in total. The van der Waals surface area contributed by atoms with Gasteiger partial charge in [-0.1, -0.05) is 41.6 Å². The smallest absolute Gasteiger partial charge is 0.277 e. The largest absolute Gasteiger partial charge is 0.484 e. The molecular weight excluding hydrogens is 386 g/mol. The van der Waals surface area contributed by atoms with Crippen LogP contribution in [0.1, 0.15) is 17.0 Å². The number of rotatable bonds is 7. The Kier molecular flexibility index (Phi) is 6.36. The molecule has 1 N–H and O–H groups in total. The van der Waals surface area contributed by atoms with E-state index in [0.29, 0.717) is 21.8 Å². The lowest BCUT2D eigenvalue weighted by Crippen LogP contribution is -2.14. The minimum Gasteiger partial charge on any atom is -0.484 e. The summed E-state index contributed by atoms with van der Waals surface area (Å²) in [4.78, 5) is 12.0. The van der Waals surface area contributed by atoms with Gasteiger partial charge >= 0.3 is 0 Å². The summed E-state index contributed by atoms with van der Waals surface area (Å²) in [7, 11) is 0. The number of ether oxygens (including phenoxy) is 1. The molecule has 0 unspecified atom stereocenters. The van der Waals surface area contributed by atoms with Crippen LogP contribution in [0.2, 0.25) is 5.02 Å². The molecule has 2 aromatic carbocycles. The van der Waals surface area contributed by atoms with Crippen molar-refractivity contribution in [3.8, 4) is 5.75 Å². The molecule has 1 heterocycles. The van der Waals surface area contributed by atoms with Gasteiger partial charge in [0, 0.05) is 0 Å². The van der Waals surface area contributed by atoms with Crippen LogP contribution >= 0.6 is 23.4 Å².